The van der Waals surface area contributed by atoms with Crippen molar-refractivity contribution >= 4 is 40.0 Å². The topological polar surface area (TPSA) is 86.7 Å². The predicted octanol–water partition coefficient (Wildman–Crippen LogP) is 2.25. The normalized spacial score (nSPS) is 11.6. The quantitative estimate of drug-likeness (QED) is 0.243. The van der Waals surface area contributed by atoms with Gasteiger partial charge in [0.1, 0.15) is 4.90 Å². The fraction of sp³-hybridized carbons (Fsp3) is 0.368. The van der Waals surface area contributed by atoms with E-state index in [0.29, 0.717) is 19.0 Å². The van der Waals surface area contributed by atoms with Crippen LogP contribution in [0.15, 0.2) is 58.7 Å². The first kappa shape index (κ1) is 24.3. The number of benzene rings is 1. The van der Waals surface area contributed by atoms with Gasteiger partial charge < -0.3 is 10.2 Å². The van der Waals surface area contributed by atoms with Gasteiger partial charge in [-0.25, -0.2) is 13.1 Å². The number of hydrogen-bond donors (Lipinski definition) is 2. The molecule has 0 aliphatic carbocycles. The molecule has 0 amide bonds. The lowest BCUT2D eigenvalue weighted by Crippen LogP contribution is -2.42. The van der Waals surface area contributed by atoms with Gasteiger partial charge >= 0.3 is 0 Å². The van der Waals surface area contributed by atoms with E-state index in [0.717, 1.165) is 6.42 Å². The van der Waals surface area contributed by atoms with Crippen LogP contribution in [0.5, 0.6) is 0 Å². The maximum atomic E-state index is 12.2. The van der Waals surface area contributed by atoms with Crippen LogP contribution in [0.2, 0.25) is 0 Å². The Balaban J connectivity index is 0.00000392. The van der Waals surface area contributed by atoms with Crippen LogP contribution in [0.1, 0.15) is 18.1 Å². The number of nitrogens with one attached hydrogen (secondary N) is 2. The number of halogens is 1. The van der Waals surface area contributed by atoms with Crippen molar-refractivity contribution in [1.82, 2.24) is 19.9 Å². The Morgan fingerprint density at radius 3 is 2.39 bits per heavy atom. The van der Waals surface area contributed by atoms with E-state index in [1.54, 1.807) is 13.1 Å². The number of pyridine rings is 1. The summed E-state index contributed by atoms with van der Waals surface area (Å²) in [6, 6.07) is 11.6. The standard InChI is InChI=1S/C19H27N5O2S.HI/c1-4-16-7-9-17(10-8-16)15-24(3)19(20-2)22-12-13-23-27(25,26)18-6-5-11-21-14-18;/h5-11,14,23H,4,12-13,15H2,1-3H3,(H,20,22);1H. The Morgan fingerprint density at radius 1 is 1.14 bits per heavy atom. The van der Waals surface area contributed by atoms with E-state index < -0.39 is 10.0 Å². The van der Waals surface area contributed by atoms with Gasteiger partial charge in [-0.05, 0) is 29.7 Å². The number of nitrogens with zero attached hydrogens (tertiary/aromatic N) is 3. The second-order valence-corrected chi connectivity index (χ2v) is 7.85. The fourth-order valence-corrected chi connectivity index (χ4v) is 3.56. The van der Waals surface area contributed by atoms with Crippen LogP contribution < -0.4 is 10.0 Å². The second kappa shape index (κ2) is 12.0. The van der Waals surface area contributed by atoms with E-state index in [-0.39, 0.29) is 35.4 Å². The van der Waals surface area contributed by atoms with E-state index in [4.69, 9.17) is 0 Å². The maximum Gasteiger partial charge on any atom is 0.242 e. The predicted molar refractivity (Wildman–Crippen MR) is 123 cm³/mol. The molecular formula is C19H28IN5O2S. The molecule has 154 valence electrons. The highest BCUT2D eigenvalue weighted by molar-refractivity contribution is 14.0. The highest BCUT2D eigenvalue weighted by atomic mass is 127. The number of sulfonamides is 1. The van der Waals surface area contributed by atoms with Crippen molar-refractivity contribution in [1.29, 1.82) is 0 Å². The van der Waals surface area contributed by atoms with E-state index >= 15 is 0 Å². The highest BCUT2D eigenvalue weighted by Gasteiger charge is 2.13. The molecule has 2 rings (SSSR count). The Labute approximate surface area is 184 Å². The van der Waals surface area contributed by atoms with Crippen LogP contribution in [-0.4, -0.2) is 51.4 Å². The monoisotopic (exact) mass is 517 g/mol. The van der Waals surface area contributed by atoms with Crippen molar-refractivity contribution < 1.29 is 8.42 Å². The molecule has 0 saturated heterocycles. The number of hydrogen-bond acceptors (Lipinski definition) is 4. The van der Waals surface area contributed by atoms with E-state index in [9.17, 15) is 8.42 Å². The van der Waals surface area contributed by atoms with Crippen molar-refractivity contribution in [3.05, 3.63) is 59.9 Å². The third-order valence-electron chi connectivity index (χ3n) is 4.07. The lowest BCUT2D eigenvalue weighted by Gasteiger charge is -2.22. The first-order chi connectivity index (χ1) is 13.0. The van der Waals surface area contributed by atoms with Crippen LogP contribution >= 0.6 is 24.0 Å². The Hall–Kier alpha value is -1.72. The molecular weight excluding hydrogens is 489 g/mol. The lowest BCUT2D eigenvalue weighted by molar-refractivity contribution is 0.477. The molecule has 0 bridgehead atoms. The van der Waals surface area contributed by atoms with Gasteiger partial charge in [0.25, 0.3) is 0 Å². The lowest BCUT2D eigenvalue weighted by atomic mass is 10.1. The average molecular weight is 517 g/mol. The second-order valence-electron chi connectivity index (χ2n) is 6.09. The third-order valence-corrected chi connectivity index (χ3v) is 5.52. The molecule has 2 aromatic rings. The fourth-order valence-electron chi connectivity index (χ4n) is 2.56. The smallest absolute Gasteiger partial charge is 0.242 e. The molecule has 9 heteroatoms. The summed E-state index contributed by atoms with van der Waals surface area (Å²) in [5, 5.41) is 3.17. The molecule has 1 aromatic heterocycles. The maximum absolute atomic E-state index is 12.2. The molecule has 0 unspecified atom stereocenters. The van der Waals surface area contributed by atoms with Crippen LogP contribution in [0, 0.1) is 0 Å². The summed E-state index contributed by atoms with van der Waals surface area (Å²) in [6.45, 7) is 3.51. The number of aryl methyl sites for hydroxylation is 1. The van der Waals surface area contributed by atoms with Gasteiger partial charge in [-0.3, -0.25) is 9.98 Å². The van der Waals surface area contributed by atoms with E-state index in [2.05, 4.69) is 51.2 Å². The summed E-state index contributed by atoms with van der Waals surface area (Å²) >= 11 is 0. The van der Waals surface area contributed by atoms with Crippen LogP contribution in [-0.2, 0) is 23.0 Å². The summed E-state index contributed by atoms with van der Waals surface area (Å²) in [6.07, 6.45) is 3.89. The molecule has 2 N–H and O–H groups in total. The minimum atomic E-state index is -3.55. The highest BCUT2D eigenvalue weighted by Crippen LogP contribution is 2.07. The Kier molecular flexibility index (Phi) is 10.4. The molecule has 0 fully saturated rings. The van der Waals surface area contributed by atoms with E-state index in [1.807, 2.05) is 11.9 Å². The largest absolute Gasteiger partial charge is 0.355 e. The van der Waals surface area contributed by atoms with Crippen molar-refractivity contribution in [2.45, 2.75) is 24.8 Å². The first-order valence-corrected chi connectivity index (χ1v) is 10.3. The van der Waals surface area contributed by atoms with Gasteiger partial charge in [-0.15, -0.1) is 24.0 Å². The van der Waals surface area contributed by atoms with Gasteiger partial charge in [0.05, 0.1) is 0 Å². The van der Waals surface area contributed by atoms with Crippen molar-refractivity contribution in [3.63, 3.8) is 0 Å². The summed E-state index contributed by atoms with van der Waals surface area (Å²) in [5.74, 6) is 0.704. The van der Waals surface area contributed by atoms with Crippen LogP contribution in [0.3, 0.4) is 0 Å². The van der Waals surface area contributed by atoms with Crippen molar-refractivity contribution in [3.8, 4) is 0 Å². The zero-order chi connectivity index (χ0) is 19.7. The van der Waals surface area contributed by atoms with Crippen LogP contribution in [0.4, 0.5) is 0 Å². The zero-order valence-electron chi connectivity index (χ0n) is 16.4. The van der Waals surface area contributed by atoms with Gasteiger partial charge in [-0.1, -0.05) is 31.2 Å². The zero-order valence-corrected chi connectivity index (χ0v) is 19.6. The molecule has 0 saturated carbocycles. The minimum absolute atomic E-state index is 0. The molecule has 0 radical (unpaired) electrons. The molecule has 0 spiro atoms. The van der Waals surface area contributed by atoms with E-state index in [1.165, 1.54) is 29.6 Å². The van der Waals surface area contributed by atoms with Crippen molar-refractivity contribution in [2.75, 3.05) is 27.2 Å². The average Bonchev–Trinajstić information content (AvgIpc) is 2.69. The molecule has 0 atom stereocenters. The van der Waals surface area contributed by atoms with Gasteiger partial charge in [0.15, 0.2) is 5.96 Å². The van der Waals surface area contributed by atoms with Gasteiger partial charge in [-0.2, -0.15) is 0 Å². The SMILES string of the molecule is CCc1ccc(CN(C)C(=NC)NCCNS(=O)(=O)c2cccnc2)cc1.I. The Bertz CT molecular complexity index is 842. The Morgan fingerprint density at radius 2 is 1.82 bits per heavy atom. The van der Waals surface area contributed by atoms with Gasteiger partial charge in [0.2, 0.25) is 10.0 Å². The molecule has 0 aliphatic heterocycles. The molecule has 0 aliphatic rings. The number of guanidine groups is 1. The molecule has 28 heavy (non-hydrogen) atoms. The van der Waals surface area contributed by atoms with Crippen molar-refractivity contribution in [2.24, 2.45) is 4.99 Å². The summed E-state index contributed by atoms with van der Waals surface area (Å²) < 4.78 is 26.9. The molecule has 1 heterocycles. The number of aromatic nitrogens is 1. The summed E-state index contributed by atoms with van der Waals surface area (Å²) in [7, 11) is 0.108. The van der Waals surface area contributed by atoms with Crippen LogP contribution in [0.25, 0.3) is 0 Å². The summed E-state index contributed by atoms with van der Waals surface area (Å²) in [4.78, 5) is 10.2. The molecule has 1 aromatic carbocycles. The molecule has 7 nitrogen and oxygen atoms in total. The third kappa shape index (κ3) is 7.36. The number of aliphatic imine (C=N–C) groups is 1. The number of rotatable bonds is 8. The first-order valence-electron chi connectivity index (χ1n) is 8.85. The summed E-state index contributed by atoms with van der Waals surface area (Å²) in [5.41, 5.74) is 2.50. The van der Waals surface area contributed by atoms with Gasteiger partial charge in [0, 0.05) is 46.1 Å². The minimum Gasteiger partial charge on any atom is -0.355 e.